The number of nitrogens with zero attached hydrogens (tertiary/aromatic N) is 2. The molecule has 0 aliphatic heterocycles. The number of hydrogen-bond donors (Lipinski definition) is 0. The molecule has 0 spiro atoms. The third-order valence-corrected chi connectivity index (χ3v) is 7.81. The third-order valence-electron chi connectivity index (χ3n) is 4.68. The average molecular weight is 469 g/mol. The van der Waals surface area contributed by atoms with Gasteiger partial charge in [0.05, 0.1) is 0 Å². The summed E-state index contributed by atoms with van der Waals surface area (Å²) in [4.78, 5) is 28.9. The van der Waals surface area contributed by atoms with E-state index in [4.69, 9.17) is 0 Å². The molecular weight excluding hydrogens is 451 g/mol. The van der Waals surface area contributed by atoms with E-state index in [1.165, 1.54) is 16.8 Å². The molecule has 3 aromatic heterocycles. The van der Waals surface area contributed by atoms with E-state index in [0.717, 1.165) is 23.3 Å². The summed E-state index contributed by atoms with van der Waals surface area (Å²) in [5.74, 6) is -0.866. The summed E-state index contributed by atoms with van der Waals surface area (Å²) in [5, 5.41) is -0.623. The van der Waals surface area contributed by atoms with Gasteiger partial charge in [-0.05, 0) is 41.0 Å². The molecule has 4 aromatic rings. The predicted octanol–water partition coefficient (Wildman–Crippen LogP) is 3.69. The Bertz CT molecular complexity index is 1430. The number of sulfone groups is 1. The van der Waals surface area contributed by atoms with Crippen LogP contribution < -0.4 is 5.56 Å². The summed E-state index contributed by atoms with van der Waals surface area (Å²) in [7, 11) is -3.88. The maximum atomic E-state index is 13.1. The van der Waals surface area contributed by atoms with Crippen molar-refractivity contribution in [1.82, 2.24) is 9.55 Å². The Labute approximate surface area is 187 Å². The molecular formula is C23H17FN2O4S2. The number of carbonyl (C=O) groups excluding carboxylic acids is 1. The first kappa shape index (κ1) is 21.8. The molecule has 0 amide bonds. The van der Waals surface area contributed by atoms with Crippen LogP contribution in [0.4, 0.5) is 4.39 Å². The van der Waals surface area contributed by atoms with Gasteiger partial charge in [-0.15, -0.1) is 0 Å². The lowest BCUT2D eigenvalue weighted by atomic mass is 10.1. The second-order valence-corrected chi connectivity index (χ2v) is 10.3. The molecule has 0 fully saturated rings. The lowest BCUT2D eigenvalue weighted by Crippen LogP contribution is -2.19. The fourth-order valence-corrected chi connectivity index (χ4v) is 5.49. The highest BCUT2D eigenvalue weighted by molar-refractivity contribution is 7.94. The number of pyridine rings is 2. The molecule has 0 bridgehead atoms. The topological polar surface area (TPSA) is 86.1 Å². The van der Waals surface area contributed by atoms with Crippen LogP contribution in [0.1, 0.15) is 5.56 Å². The Morgan fingerprint density at radius 2 is 1.75 bits per heavy atom. The fraction of sp³-hybridized carbons (Fsp3) is 0.0870. The van der Waals surface area contributed by atoms with E-state index in [-0.39, 0.29) is 16.2 Å². The first-order chi connectivity index (χ1) is 15.3. The molecule has 0 atom stereocenters. The van der Waals surface area contributed by atoms with Crippen LogP contribution in [-0.2, 0) is 21.1 Å². The van der Waals surface area contributed by atoms with Gasteiger partial charge in [0.2, 0.25) is 0 Å². The predicted molar refractivity (Wildman–Crippen MR) is 120 cm³/mol. The van der Waals surface area contributed by atoms with Gasteiger partial charge < -0.3 is 0 Å². The Morgan fingerprint density at radius 1 is 0.969 bits per heavy atom. The van der Waals surface area contributed by atoms with Crippen molar-refractivity contribution in [2.24, 2.45) is 0 Å². The van der Waals surface area contributed by atoms with E-state index < -0.39 is 26.5 Å². The van der Waals surface area contributed by atoms with Crippen molar-refractivity contribution >= 4 is 27.0 Å². The zero-order valence-electron chi connectivity index (χ0n) is 16.6. The largest absolute Gasteiger partial charge is 0.298 e. The average Bonchev–Trinajstić information content (AvgIpc) is 3.22. The minimum atomic E-state index is -3.88. The number of hydrogen-bond acceptors (Lipinski definition) is 6. The van der Waals surface area contributed by atoms with Crippen molar-refractivity contribution in [1.29, 1.82) is 0 Å². The van der Waals surface area contributed by atoms with Gasteiger partial charge in [0.15, 0.2) is 20.8 Å². The highest BCUT2D eigenvalue weighted by Gasteiger charge is 2.21. The second kappa shape index (κ2) is 8.97. The first-order valence-corrected chi connectivity index (χ1v) is 12.0. The molecule has 0 aliphatic rings. The van der Waals surface area contributed by atoms with E-state index >= 15 is 0 Å². The van der Waals surface area contributed by atoms with Crippen molar-refractivity contribution < 1.29 is 17.6 Å². The number of rotatable bonds is 7. The molecule has 6 nitrogen and oxygen atoms in total. The van der Waals surface area contributed by atoms with Crippen LogP contribution in [0, 0.1) is 5.13 Å². The van der Waals surface area contributed by atoms with Crippen molar-refractivity contribution in [3.05, 3.63) is 100 Å². The van der Waals surface area contributed by atoms with Crippen molar-refractivity contribution in [2.45, 2.75) is 10.6 Å². The van der Waals surface area contributed by atoms with E-state index in [9.17, 15) is 22.4 Å². The summed E-state index contributed by atoms with van der Waals surface area (Å²) in [6, 6.07) is 18.2. The molecule has 0 N–H and O–H groups in total. The number of ketones is 1. The van der Waals surface area contributed by atoms with Crippen LogP contribution in [0.25, 0.3) is 16.9 Å². The van der Waals surface area contributed by atoms with Gasteiger partial charge in [0, 0.05) is 24.9 Å². The highest BCUT2D eigenvalue weighted by atomic mass is 32.2. The fourth-order valence-electron chi connectivity index (χ4n) is 3.16. The van der Waals surface area contributed by atoms with Crippen LogP contribution >= 0.6 is 11.3 Å². The number of Topliss-reactive ketones (excluding diaryl/α,β-unsaturated/α-hetero) is 1. The van der Waals surface area contributed by atoms with Gasteiger partial charge in [-0.2, -0.15) is 4.39 Å². The second-order valence-electron chi connectivity index (χ2n) is 7.05. The summed E-state index contributed by atoms with van der Waals surface area (Å²) >= 11 is 0.492. The van der Waals surface area contributed by atoms with E-state index in [2.05, 4.69) is 4.98 Å². The van der Waals surface area contributed by atoms with Crippen molar-refractivity contribution in [3.8, 4) is 16.9 Å². The molecule has 162 valence electrons. The third kappa shape index (κ3) is 4.90. The zero-order valence-corrected chi connectivity index (χ0v) is 18.3. The lowest BCUT2D eigenvalue weighted by Gasteiger charge is -2.09. The maximum Gasteiger partial charge on any atom is 0.256 e. The summed E-state index contributed by atoms with van der Waals surface area (Å²) in [6.45, 7) is 0. The quantitative estimate of drug-likeness (QED) is 0.413. The number of halogens is 1. The van der Waals surface area contributed by atoms with Crippen LogP contribution in [0.5, 0.6) is 0 Å². The van der Waals surface area contributed by atoms with Gasteiger partial charge in [0.25, 0.3) is 5.56 Å². The highest BCUT2D eigenvalue weighted by Crippen LogP contribution is 2.22. The Kier molecular flexibility index (Phi) is 6.11. The van der Waals surface area contributed by atoms with E-state index in [1.54, 1.807) is 24.4 Å². The Balaban J connectivity index is 1.50. The van der Waals surface area contributed by atoms with Crippen molar-refractivity contribution in [2.75, 3.05) is 5.75 Å². The van der Waals surface area contributed by atoms with E-state index in [1.807, 2.05) is 30.3 Å². The standard InChI is InChI=1S/C23H17FN2O4S2/c24-20-8-11-23(31-20)32(29,30)15-19(27)12-16-6-9-21(25-13-16)26-14-18(7-10-22(26)28)17-4-2-1-3-5-17/h1-11,13-14H,12,15H2. The molecule has 0 saturated heterocycles. The minimum Gasteiger partial charge on any atom is -0.298 e. The Hall–Kier alpha value is -3.43. The Morgan fingerprint density at radius 3 is 2.41 bits per heavy atom. The molecule has 4 rings (SSSR count). The summed E-state index contributed by atoms with van der Waals surface area (Å²) in [5.41, 5.74) is 2.06. The summed E-state index contributed by atoms with van der Waals surface area (Å²) in [6.07, 6.45) is 2.99. The van der Waals surface area contributed by atoms with Crippen LogP contribution in [0.15, 0.2) is 88.1 Å². The van der Waals surface area contributed by atoms with Gasteiger partial charge in [-0.1, -0.05) is 47.7 Å². The molecule has 0 unspecified atom stereocenters. The van der Waals surface area contributed by atoms with Crippen LogP contribution in [0.2, 0.25) is 0 Å². The van der Waals surface area contributed by atoms with E-state index in [0.29, 0.717) is 22.7 Å². The first-order valence-electron chi connectivity index (χ1n) is 9.55. The monoisotopic (exact) mass is 468 g/mol. The molecule has 9 heteroatoms. The van der Waals surface area contributed by atoms with Gasteiger partial charge in [-0.25, -0.2) is 13.4 Å². The molecule has 1 aromatic carbocycles. The SMILES string of the molecule is O=C(Cc1ccc(-n2cc(-c3ccccc3)ccc2=O)nc1)CS(=O)(=O)c1ccc(F)s1. The van der Waals surface area contributed by atoms with Crippen molar-refractivity contribution in [3.63, 3.8) is 0 Å². The number of carbonyl (C=O) groups is 1. The number of thiophene rings is 1. The number of benzene rings is 1. The van der Waals surface area contributed by atoms with Gasteiger partial charge in [-0.3, -0.25) is 14.2 Å². The molecule has 0 saturated carbocycles. The van der Waals surface area contributed by atoms with Gasteiger partial charge >= 0.3 is 0 Å². The zero-order chi connectivity index (χ0) is 22.7. The maximum absolute atomic E-state index is 13.1. The lowest BCUT2D eigenvalue weighted by molar-refractivity contribution is -0.116. The summed E-state index contributed by atoms with van der Waals surface area (Å²) < 4.78 is 38.8. The van der Waals surface area contributed by atoms with Crippen LogP contribution in [0.3, 0.4) is 0 Å². The minimum absolute atomic E-state index is 0.140. The molecule has 32 heavy (non-hydrogen) atoms. The molecule has 0 radical (unpaired) electrons. The van der Waals surface area contributed by atoms with Crippen LogP contribution in [-0.4, -0.2) is 29.5 Å². The molecule has 3 heterocycles. The normalized spacial score (nSPS) is 11.4. The van der Waals surface area contributed by atoms with Gasteiger partial charge in [0.1, 0.15) is 15.8 Å². The number of aromatic nitrogens is 2. The smallest absolute Gasteiger partial charge is 0.256 e. The molecule has 0 aliphatic carbocycles.